The summed E-state index contributed by atoms with van der Waals surface area (Å²) in [5.74, 6) is -1.70. The first-order valence-electron chi connectivity index (χ1n) is 15.7. The molecule has 0 N–H and O–H groups in total. The van der Waals surface area contributed by atoms with Crippen LogP contribution >= 0.6 is 0 Å². The highest BCUT2D eigenvalue weighted by Gasteiger charge is 2.44. The number of nitrogens with zero attached hydrogens (tertiary/aromatic N) is 4. The number of rotatable bonds is 9. The number of amides is 3. The summed E-state index contributed by atoms with van der Waals surface area (Å²) in [6.07, 6.45) is 1.51. The number of carbonyl (C=O) groups excluding carboxylic acids is 4. The molecule has 1 fully saturated rings. The maximum Gasteiger partial charge on any atom is 0.412 e. The Labute approximate surface area is 279 Å². The number of esters is 1. The molecule has 5 rings (SSSR count). The Kier molecular flexibility index (Phi) is 9.39. The van der Waals surface area contributed by atoms with E-state index < -0.39 is 46.9 Å². The van der Waals surface area contributed by atoms with E-state index in [1.54, 1.807) is 60.8 Å². The average molecular weight is 663 g/mol. The Bertz CT molecular complexity index is 1650. The van der Waals surface area contributed by atoms with Gasteiger partial charge in [-0.25, -0.2) is 14.4 Å². The summed E-state index contributed by atoms with van der Waals surface area (Å²) in [6.45, 7) is 14.7. The van der Waals surface area contributed by atoms with Crippen LogP contribution in [0.25, 0.3) is 11.1 Å². The predicted molar refractivity (Wildman–Crippen MR) is 173 cm³/mol. The normalized spacial score (nSPS) is 18.1. The third kappa shape index (κ3) is 8.03. The Morgan fingerprint density at radius 2 is 1.52 bits per heavy atom. The molecule has 0 aliphatic carbocycles. The zero-order valence-corrected chi connectivity index (χ0v) is 28.5. The fraction of sp³-hybridized carbons (Fsp3) is 0.457. The van der Waals surface area contributed by atoms with Crippen LogP contribution in [0.3, 0.4) is 0 Å². The van der Waals surface area contributed by atoms with Gasteiger partial charge in [-0.15, -0.1) is 5.06 Å². The maximum atomic E-state index is 13.0. The second-order valence-electron chi connectivity index (χ2n) is 14.1. The number of imide groups is 1. The van der Waals surface area contributed by atoms with Gasteiger partial charge in [0.15, 0.2) is 0 Å². The monoisotopic (exact) mass is 662 g/mol. The maximum absolute atomic E-state index is 13.0. The summed E-state index contributed by atoms with van der Waals surface area (Å²) in [4.78, 5) is 58.7. The highest BCUT2D eigenvalue weighted by molar-refractivity contribution is 6.20. The van der Waals surface area contributed by atoms with E-state index in [1.165, 1.54) is 12.1 Å². The van der Waals surface area contributed by atoms with E-state index in [9.17, 15) is 19.2 Å². The van der Waals surface area contributed by atoms with Gasteiger partial charge in [-0.3, -0.25) is 19.2 Å². The van der Waals surface area contributed by atoms with Crippen molar-refractivity contribution in [1.29, 1.82) is 0 Å². The van der Waals surface area contributed by atoms with Crippen LogP contribution in [-0.2, 0) is 30.4 Å². The molecule has 256 valence electrons. The second kappa shape index (κ2) is 13.0. The molecular formula is C35H42N4O9. The molecule has 3 heterocycles. The SMILES string of the molecule is CC(C)(C)OC(=O)[C@H](COc1ccc(-c2cnn(CC3CN(C(=O)OC(C)(C)C)C(C)(C)O3)c2)cc1)ON1C(=O)c2ccccc2C1=O. The highest BCUT2D eigenvalue weighted by atomic mass is 16.7. The molecule has 2 aliphatic heterocycles. The molecule has 0 saturated carbocycles. The number of ether oxygens (including phenoxy) is 4. The number of carbonyl (C=O) groups is 4. The lowest BCUT2D eigenvalue weighted by Gasteiger charge is -2.31. The van der Waals surface area contributed by atoms with Gasteiger partial charge in [-0.2, -0.15) is 5.10 Å². The molecular weight excluding hydrogens is 620 g/mol. The Balaban J connectivity index is 1.21. The standard InChI is InChI=1S/C35H42N4O9/c1-33(2,3)46-31(42)28(48-39-29(40)26-11-9-10-12-27(26)30(39)41)21-44-24-15-13-22(14-16-24)23-17-36-37(18-23)19-25-20-38(35(7,8)45-25)32(43)47-34(4,5)6/h9-18,25,28H,19-21H2,1-8H3/t25?,28-/m0/s1. The molecule has 2 aliphatic rings. The van der Waals surface area contributed by atoms with Crippen molar-refractivity contribution in [2.45, 2.75) is 91.1 Å². The van der Waals surface area contributed by atoms with Gasteiger partial charge in [0.05, 0.1) is 36.5 Å². The quantitative estimate of drug-likeness (QED) is 0.221. The lowest BCUT2D eigenvalue weighted by atomic mass is 10.1. The van der Waals surface area contributed by atoms with Crippen molar-refractivity contribution in [2.24, 2.45) is 0 Å². The summed E-state index contributed by atoms with van der Waals surface area (Å²) in [5.41, 5.74) is -0.189. The zero-order valence-electron chi connectivity index (χ0n) is 28.5. The molecule has 0 spiro atoms. The van der Waals surface area contributed by atoms with Gasteiger partial charge in [-0.1, -0.05) is 24.3 Å². The highest BCUT2D eigenvalue weighted by Crippen LogP contribution is 2.30. The number of hydrogen-bond donors (Lipinski definition) is 0. The lowest BCUT2D eigenvalue weighted by Crippen LogP contribution is -2.46. The summed E-state index contributed by atoms with van der Waals surface area (Å²) in [7, 11) is 0. The minimum absolute atomic E-state index is 0.188. The summed E-state index contributed by atoms with van der Waals surface area (Å²) < 4.78 is 24.8. The van der Waals surface area contributed by atoms with Crippen LogP contribution in [-0.4, -0.2) is 85.9 Å². The van der Waals surface area contributed by atoms with Crippen molar-refractivity contribution in [3.63, 3.8) is 0 Å². The van der Waals surface area contributed by atoms with Crippen LogP contribution in [0.4, 0.5) is 4.79 Å². The van der Waals surface area contributed by atoms with Crippen LogP contribution in [0, 0.1) is 0 Å². The number of fused-ring (bicyclic) bond motifs is 1. The fourth-order valence-electron chi connectivity index (χ4n) is 5.27. The second-order valence-corrected chi connectivity index (χ2v) is 14.1. The lowest BCUT2D eigenvalue weighted by molar-refractivity contribution is -0.193. The van der Waals surface area contributed by atoms with E-state index in [1.807, 2.05) is 52.9 Å². The van der Waals surface area contributed by atoms with Crippen molar-refractivity contribution in [2.75, 3.05) is 13.2 Å². The van der Waals surface area contributed by atoms with Crippen molar-refractivity contribution >= 4 is 23.9 Å². The molecule has 1 saturated heterocycles. The van der Waals surface area contributed by atoms with Gasteiger partial charge in [0, 0.05) is 11.8 Å². The topological polar surface area (TPSA) is 139 Å². The Morgan fingerprint density at radius 1 is 0.917 bits per heavy atom. The van der Waals surface area contributed by atoms with Gasteiger partial charge in [0.25, 0.3) is 11.8 Å². The first-order valence-corrected chi connectivity index (χ1v) is 15.7. The molecule has 13 nitrogen and oxygen atoms in total. The largest absolute Gasteiger partial charge is 0.490 e. The summed E-state index contributed by atoms with van der Waals surface area (Å²) >= 11 is 0. The van der Waals surface area contributed by atoms with Gasteiger partial charge < -0.3 is 18.9 Å². The molecule has 0 radical (unpaired) electrons. The Hall–Kier alpha value is -4.75. The number of hydrogen-bond acceptors (Lipinski definition) is 10. The van der Waals surface area contributed by atoms with E-state index in [2.05, 4.69) is 5.10 Å². The van der Waals surface area contributed by atoms with Crippen LogP contribution in [0.2, 0.25) is 0 Å². The third-order valence-corrected chi connectivity index (χ3v) is 7.38. The molecule has 3 aromatic rings. The Morgan fingerprint density at radius 3 is 2.10 bits per heavy atom. The van der Waals surface area contributed by atoms with Gasteiger partial charge in [0.1, 0.15) is 29.3 Å². The molecule has 0 bridgehead atoms. The predicted octanol–water partition coefficient (Wildman–Crippen LogP) is 5.24. The molecule has 2 aromatic carbocycles. The van der Waals surface area contributed by atoms with Crippen LogP contribution in [0.5, 0.6) is 5.75 Å². The van der Waals surface area contributed by atoms with Crippen molar-refractivity contribution in [3.8, 4) is 16.9 Å². The van der Waals surface area contributed by atoms with E-state index >= 15 is 0 Å². The van der Waals surface area contributed by atoms with E-state index in [-0.39, 0.29) is 23.8 Å². The number of aromatic nitrogens is 2. The third-order valence-electron chi connectivity index (χ3n) is 7.38. The summed E-state index contributed by atoms with van der Waals surface area (Å²) in [6, 6.07) is 13.4. The van der Waals surface area contributed by atoms with Crippen molar-refractivity contribution in [1.82, 2.24) is 19.7 Å². The van der Waals surface area contributed by atoms with Crippen LogP contribution in [0.1, 0.15) is 76.1 Å². The average Bonchev–Trinajstić information content (AvgIpc) is 3.64. The first kappa shape index (κ1) is 34.6. The molecule has 3 amide bonds. The van der Waals surface area contributed by atoms with Gasteiger partial charge in [0.2, 0.25) is 6.10 Å². The van der Waals surface area contributed by atoms with Crippen LogP contribution < -0.4 is 4.74 Å². The molecule has 13 heteroatoms. The molecule has 48 heavy (non-hydrogen) atoms. The van der Waals surface area contributed by atoms with Gasteiger partial charge in [-0.05, 0) is 85.2 Å². The first-order chi connectivity index (χ1) is 22.4. The zero-order chi connectivity index (χ0) is 35.0. The van der Waals surface area contributed by atoms with Crippen LogP contribution in [0.15, 0.2) is 60.9 Å². The molecule has 1 aromatic heterocycles. The summed E-state index contributed by atoms with van der Waals surface area (Å²) in [5, 5.41) is 5.06. The van der Waals surface area contributed by atoms with Crippen molar-refractivity contribution in [3.05, 3.63) is 72.1 Å². The number of benzene rings is 2. The molecule has 1 unspecified atom stereocenters. The van der Waals surface area contributed by atoms with Crippen molar-refractivity contribution < 1.29 is 43.0 Å². The minimum Gasteiger partial charge on any atom is -0.490 e. The van der Waals surface area contributed by atoms with E-state index in [4.69, 9.17) is 23.8 Å². The van der Waals surface area contributed by atoms with E-state index in [0.29, 0.717) is 23.9 Å². The van der Waals surface area contributed by atoms with E-state index in [0.717, 1.165) is 11.1 Å². The molecule has 2 atom stereocenters. The minimum atomic E-state index is -1.40. The van der Waals surface area contributed by atoms with Gasteiger partial charge >= 0.3 is 12.1 Å². The number of hydroxylamine groups is 2. The fourth-order valence-corrected chi connectivity index (χ4v) is 5.27. The smallest absolute Gasteiger partial charge is 0.412 e.